The highest BCUT2D eigenvalue weighted by molar-refractivity contribution is 6.23. The Hall–Kier alpha value is -3.87. The summed E-state index contributed by atoms with van der Waals surface area (Å²) in [5, 5.41) is 2.90. The molecule has 2 heterocycles. The molecule has 0 radical (unpaired) electrons. The summed E-state index contributed by atoms with van der Waals surface area (Å²) in [5.41, 5.74) is 10.9. The highest BCUT2D eigenvalue weighted by Crippen LogP contribution is 2.55. The number of carbonyl (C=O) groups is 3. The van der Waals surface area contributed by atoms with E-state index in [2.05, 4.69) is 5.32 Å². The molecule has 3 aliphatic rings. The number of benzene rings is 2. The largest absolute Gasteiger partial charge is 0.466 e. The molecule has 0 saturated carbocycles. The number of anilines is 2. The van der Waals surface area contributed by atoms with Crippen LogP contribution in [-0.2, 0) is 24.5 Å². The van der Waals surface area contributed by atoms with Crippen LogP contribution >= 0.6 is 0 Å². The van der Waals surface area contributed by atoms with Crippen LogP contribution in [-0.4, -0.2) is 24.8 Å². The summed E-state index contributed by atoms with van der Waals surface area (Å²) < 4.78 is 5.17. The topological polar surface area (TPSA) is 102 Å². The van der Waals surface area contributed by atoms with Crippen LogP contribution in [0.5, 0.6) is 0 Å². The Morgan fingerprint density at radius 2 is 1.74 bits per heavy atom. The zero-order chi connectivity index (χ0) is 24.4. The number of fused-ring (bicyclic) bond motifs is 3. The SMILES string of the molecule is COC(=O)C1=C(N)N(c2cc(C)cc(C)c2)C2=C(C(=O)CCC2)C12C(=O)Nc1ccc(C)cc12. The smallest absolute Gasteiger partial charge is 0.339 e. The van der Waals surface area contributed by atoms with Crippen molar-refractivity contribution in [1.29, 1.82) is 0 Å². The number of nitrogens with two attached hydrogens (primary N) is 1. The van der Waals surface area contributed by atoms with E-state index in [9.17, 15) is 14.4 Å². The average molecular weight is 458 g/mol. The van der Waals surface area contributed by atoms with Crippen molar-refractivity contribution in [3.8, 4) is 0 Å². The number of Topliss-reactive ketones (excluding diaryl/α,β-unsaturated/α-hetero) is 1. The lowest BCUT2D eigenvalue weighted by molar-refractivity contribution is -0.138. The molecule has 2 aromatic rings. The van der Waals surface area contributed by atoms with Crippen LogP contribution in [0, 0.1) is 20.8 Å². The minimum absolute atomic E-state index is 0.0231. The summed E-state index contributed by atoms with van der Waals surface area (Å²) in [6, 6.07) is 11.5. The number of carbonyl (C=O) groups excluding carboxylic acids is 3. The summed E-state index contributed by atoms with van der Waals surface area (Å²) in [6.45, 7) is 5.87. The zero-order valence-corrected chi connectivity index (χ0v) is 19.7. The Bertz CT molecular complexity index is 1330. The molecule has 1 atom stereocenters. The number of ketones is 1. The predicted octanol–water partition coefficient (Wildman–Crippen LogP) is 3.67. The standard InChI is InChI=1S/C27H27N3O4/c1-14-8-9-19-18(13-14)27(26(33)29-19)22-20(6-5-7-21(22)31)30(24(28)23(27)25(32)34-4)17-11-15(2)10-16(3)12-17/h8-13H,5-7,28H2,1-4H3,(H,29,33). The molecule has 1 spiro atoms. The predicted molar refractivity (Wildman–Crippen MR) is 129 cm³/mol. The summed E-state index contributed by atoms with van der Waals surface area (Å²) in [4.78, 5) is 42.6. The molecule has 34 heavy (non-hydrogen) atoms. The molecule has 2 aliphatic heterocycles. The monoisotopic (exact) mass is 457 g/mol. The van der Waals surface area contributed by atoms with Crippen LogP contribution in [0.15, 0.2) is 59.1 Å². The quantitative estimate of drug-likeness (QED) is 0.668. The Labute approximate surface area is 198 Å². The van der Waals surface area contributed by atoms with Gasteiger partial charge in [0.1, 0.15) is 16.8 Å². The Morgan fingerprint density at radius 1 is 1.03 bits per heavy atom. The molecule has 0 saturated heterocycles. The van der Waals surface area contributed by atoms with E-state index in [-0.39, 0.29) is 17.2 Å². The molecular weight excluding hydrogens is 430 g/mol. The molecule has 0 bridgehead atoms. The first kappa shape index (κ1) is 21.9. The summed E-state index contributed by atoms with van der Waals surface area (Å²) in [6.07, 6.45) is 1.49. The van der Waals surface area contributed by atoms with Gasteiger partial charge in [-0.25, -0.2) is 4.79 Å². The van der Waals surface area contributed by atoms with Gasteiger partial charge >= 0.3 is 5.97 Å². The van der Waals surface area contributed by atoms with Gasteiger partial charge in [0.15, 0.2) is 5.78 Å². The van der Waals surface area contributed by atoms with Crippen molar-refractivity contribution < 1.29 is 19.1 Å². The minimum Gasteiger partial charge on any atom is -0.466 e. The van der Waals surface area contributed by atoms with E-state index < -0.39 is 17.3 Å². The summed E-state index contributed by atoms with van der Waals surface area (Å²) in [7, 11) is 1.26. The molecule has 3 N–H and O–H groups in total. The van der Waals surface area contributed by atoms with Gasteiger partial charge in [0.25, 0.3) is 0 Å². The van der Waals surface area contributed by atoms with Gasteiger partial charge in [0, 0.05) is 34.6 Å². The van der Waals surface area contributed by atoms with Crippen LogP contribution < -0.4 is 16.0 Å². The van der Waals surface area contributed by atoms with E-state index in [4.69, 9.17) is 10.5 Å². The molecule has 1 amide bonds. The number of rotatable bonds is 2. The number of nitrogens with zero attached hydrogens (tertiary/aromatic N) is 1. The van der Waals surface area contributed by atoms with E-state index in [0.29, 0.717) is 41.8 Å². The van der Waals surface area contributed by atoms with Gasteiger partial charge in [-0.2, -0.15) is 0 Å². The van der Waals surface area contributed by atoms with Crippen molar-refractivity contribution in [3.63, 3.8) is 0 Å². The van der Waals surface area contributed by atoms with Gasteiger partial charge in [-0.15, -0.1) is 0 Å². The lowest BCUT2D eigenvalue weighted by atomic mass is 9.63. The van der Waals surface area contributed by atoms with Crippen molar-refractivity contribution in [2.24, 2.45) is 5.73 Å². The number of nitrogens with one attached hydrogen (secondary N) is 1. The molecule has 7 nitrogen and oxygen atoms in total. The molecular formula is C27H27N3O4. The van der Waals surface area contributed by atoms with Crippen molar-refractivity contribution in [2.75, 3.05) is 17.3 Å². The molecule has 1 aliphatic carbocycles. The molecule has 0 fully saturated rings. The van der Waals surface area contributed by atoms with Crippen LogP contribution in [0.1, 0.15) is 41.5 Å². The molecule has 0 aromatic heterocycles. The van der Waals surface area contributed by atoms with E-state index in [1.54, 1.807) is 11.0 Å². The third-order valence-electron chi connectivity index (χ3n) is 6.92. The lowest BCUT2D eigenvalue weighted by Crippen LogP contribution is -2.53. The Morgan fingerprint density at radius 3 is 2.41 bits per heavy atom. The Balaban J connectivity index is 1.93. The van der Waals surface area contributed by atoms with Gasteiger partial charge in [0.05, 0.1) is 7.11 Å². The minimum atomic E-state index is -1.65. The van der Waals surface area contributed by atoms with Gasteiger partial charge in [0.2, 0.25) is 5.91 Å². The fourth-order valence-electron chi connectivity index (χ4n) is 5.70. The van der Waals surface area contributed by atoms with E-state index in [0.717, 1.165) is 22.4 Å². The molecule has 1 unspecified atom stereocenters. The average Bonchev–Trinajstić information content (AvgIpc) is 3.04. The number of amides is 1. The number of ether oxygens (including phenoxy) is 1. The van der Waals surface area contributed by atoms with Gasteiger partial charge in [-0.1, -0.05) is 23.8 Å². The highest BCUT2D eigenvalue weighted by atomic mass is 16.5. The number of allylic oxidation sites excluding steroid dienone is 1. The highest BCUT2D eigenvalue weighted by Gasteiger charge is 2.61. The van der Waals surface area contributed by atoms with Gasteiger partial charge in [-0.05, 0) is 62.9 Å². The van der Waals surface area contributed by atoms with Gasteiger partial charge < -0.3 is 15.8 Å². The lowest BCUT2D eigenvalue weighted by Gasteiger charge is -2.44. The summed E-state index contributed by atoms with van der Waals surface area (Å²) in [5.74, 6) is -1.25. The fraction of sp³-hybridized carbons (Fsp3) is 0.296. The maximum absolute atomic E-state index is 13.8. The number of esters is 1. The number of hydrogen-bond donors (Lipinski definition) is 2. The molecule has 5 rings (SSSR count). The van der Waals surface area contributed by atoms with E-state index >= 15 is 0 Å². The van der Waals surface area contributed by atoms with Crippen molar-refractivity contribution >= 4 is 29.0 Å². The zero-order valence-electron chi connectivity index (χ0n) is 19.7. The van der Waals surface area contributed by atoms with Gasteiger partial charge in [-0.3, -0.25) is 14.5 Å². The third-order valence-corrected chi connectivity index (χ3v) is 6.92. The maximum atomic E-state index is 13.8. The second-order valence-corrected chi connectivity index (χ2v) is 9.28. The van der Waals surface area contributed by atoms with Crippen LogP contribution in [0.2, 0.25) is 0 Å². The van der Waals surface area contributed by atoms with Crippen LogP contribution in [0.25, 0.3) is 0 Å². The second-order valence-electron chi connectivity index (χ2n) is 9.28. The number of aryl methyl sites for hydroxylation is 3. The molecule has 2 aromatic carbocycles. The molecule has 174 valence electrons. The molecule has 7 heteroatoms. The number of hydrogen-bond acceptors (Lipinski definition) is 6. The fourth-order valence-corrected chi connectivity index (χ4v) is 5.70. The first-order chi connectivity index (χ1) is 16.2. The maximum Gasteiger partial charge on any atom is 0.339 e. The second kappa shape index (κ2) is 7.58. The van der Waals surface area contributed by atoms with Crippen LogP contribution in [0.3, 0.4) is 0 Å². The van der Waals surface area contributed by atoms with Crippen molar-refractivity contribution in [2.45, 2.75) is 45.4 Å². The number of methoxy groups -OCH3 is 1. The Kier molecular flexibility index (Phi) is 4.90. The van der Waals surface area contributed by atoms with Crippen LogP contribution in [0.4, 0.5) is 11.4 Å². The first-order valence-corrected chi connectivity index (χ1v) is 11.4. The van der Waals surface area contributed by atoms with Crippen molar-refractivity contribution in [1.82, 2.24) is 0 Å². The third kappa shape index (κ3) is 2.86. The summed E-state index contributed by atoms with van der Waals surface area (Å²) >= 11 is 0. The van der Waals surface area contributed by atoms with Crippen molar-refractivity contribution in [3.05, 3.63) is 81.3 Å². The normalized spacial score (nSPS) is 21.6. The van der Waals surface area contributed by atoms with E-state index in [1.165, 1.54) is 7.11 Å². The van der Waals surface area contributed by atoms with E-state index in [1.807, 2.05) is 51.1 Å². The first-order valence-electron chi connectivity index (χ1n) is 11.4.